The summed E-state index contributed by atoms with van der Waals surface area (Å²) in [5, 5.41) is 9.64. The van der Waals surface area contributed by atoms with Gasteiger partial charge in [0.05, 0.1) is 19.8 Å². The first-order valence-corrected chi connectivity index (χ1v) is 8.07. The van der Waals surface area contributed by atoms with Crippen LogP contribution in [0.15, 0.2) is 24.3 Å². The lowest BCUT2D eigenvalue weighted by atomic mass is 10.1. The van der Waals surface area contributed by atoms with Crippen LogP contribution in [-0.2, 0) is 9.53 Å². The molecule has 0 aliphatic carbocycles. The van der Waals surface area contributed by atoms with Gasteiger partial charge in [-0.05, 0) is 31.7 Å². The number of carboxylic acid groups (broad SMARTS) is 1. The predicted octanol–water partition coefficient (Wildman–Crippen LogP) is 1.47. The average molecular weight is 322 g/mol. The molecule has 0 bridgehead atoms. The summed E-state index contributed by atoms with van der Waals surface area (Å²) < 4.78 is 10.8. The zero-order valence-corrected chi connectivity index (χ0v) is 13.9. The molecule has 1 saturated heterocycles. The van der Waals surface area contributed by atoms with E-state index in [0.717, 1.165) is 38.4 Å². The smallest absolute Gasteiger partial charge is 0.325 e. The van der Waals surface area contributed by atoms with Crippen LogP contribution in [0.2, 0.25) is 0 Å². The Morgan fingerprint density at radius 1 is 1.43 bits per heavy atom. The quantitative estimate of drug-likeness (QED) is 0.782. The van der Waals surface area contributed by atoms with Crippen LogP contribution >= 0.6 is 0 Å². The van der Waals surface area contributed by atoms with Gasteiger partial charge in [-0.2, -0.15) is 0 Å². The zero-order chi connectivity index (χ0) is 16.7. The van der Waals surface area contributed by atoms with Crippen molar-refractivity contribution in [1.82, 2.24) is 9.80 Å². The molecule has 1 unspecified atom stereocenters. The fourth-order valence-electron chi connectivity index (χ4n) is 2.78. The van der Waals surface area contributed by atoms with Crippen molar-refractivity contribution in [2.24, 2.45) is 0 Å². The van der Waals surface area contributed by atoms with Crippen molar-refractivity contribution in [3.05, 3.63) is 29.8 Å². The Labute approximate surface area is 137 Å². The molecule has 1 aromatic carbocycles. The lowest BCUT2D eigenvalue weighted by Gasteiger charge is -2.31. The summed E-state index contributed by atoms with van der Waals surface area (Å²) in [4.78, 5) is 15.9. The minimum absolute atomic E-state index is 0.564. The second-order valence-electron chi connectivity index (χ2n) is 5.68. The van der Waals surface area contributed by atoms with E-state index >= 15 is 0 Å². The second-order valence-corrected chi connectivity index (χ2v) is 5.68. The number of morpholine rings is 1. The molecule has 128 valence electrons. The molecule has 0 aromatic heterocycles. The number of nitrogens with zero attached hydrogens (tertiary/aromatic N) is 2. The molecule has 1 aromatic rings. The Morgan fingerprint density at radius 2 is 2.17 bits per heavy atom. The summed E-state index contributed by atoms with van der Waals surface area (Å²) >= 11 is 0. The van der Waals surface area contributed by atoms with Gasteiger partial charge in [-0.25, -0.2) is 0 Å². The van der Waals surface area contributed by atoms with Crippen molar-refractivity contribution in [3.8, 4) is 5.75 Å². The topological polar surface area (TPSA) is 62.2 Å². The first-order chi connectivity index (χ1) is 11.1. The third kappa shape index (κ3) is 5.20. The molecule has 0 radical (unpaired) electrons. The van der Waals surface area contributed by atoms with Crippen LogP contribution in [-0.4, -0.2) is 73.9 Å². The van der Waals surface area contributed by atoms with Gasteiger partial charge in [0, 0.05) is 26.2 Å². The highest BCUT2D eigenvalue weighted by molar-refractivity contribution is 5.75. The molecule has 6 heteroatoms. The van der Waals surface area contributed by atoms with Crippen LogP contribution in [0, 0.1) is 0 Å². The number of aliphatic carboxylic acids is 1. The summed E-state index contributed by atoms with van der Waals surface area (Å²) in [6.07, 6.45) is 0. The summed E-state index contributed by atoms with van der Waals surface area (Å²) in [5.41, 5.74) is 0.743. The Kier molecular flexibility index (Phi) is 6.83. The van der Waals surface area contributed by atoms with Gasteiger partial charge in [-0.15, -0.1) is 0 Å². The van der Waals surface area contributed by atoms with Gasteiger partial charge >= 0.3 is 5.97 Å². The van der Waals surface area contributed by atoms with E-state index in [-0.39, 0.29) is 0 Å². The molecule has 0 spiro atoms. The summed E-state index contributed by atoms with van der Waals surface area (Å²) in [7, 11) is 1.85. The van der Waals surface area contributed by atoms with Crippen LogP contribution in [0.5, 0.6) is 5.75 Å². The van der Waals surface area contributed by atoms with Crippen molar-refractivity contribution in [2.45, 2.75) is 13.0 Å². The number of hydrogen-bond acceptors (Lipinski definition) is 5. The largest absolute Gasteiger partial charge is 0.494 e. The first kappa shape index (κ1) is 17.7. The highest BCUT2D eigenvalue weighted by Gasteiger charge is 2.25. The number of carboxylic acids is 1. The van der Waals surface area contributed by atoms with Crippen LogP contribution < -0.4 is 4.74 Å². The summed E-state index contributed by atoms with van der Waals surface area (Å²) in [6.45, 7) is 7.33. The first-order valence-electron chi connectivity index (χ1n) is 8.07. The minimum Gasteiger partial charge on any atom is -0.494 e. The number of likely N-dealkylation sites (N-methyl/N-ethyl adjacent to an activating group) is 1. The molecule has 1 atom stereocenters. The Hall–Kier alpha value is -1.63. The van der Waals surface area contributed by atoms with Gasteiger partial charge in [-0.1, -0.05) is 12.1 Å². The van der Waals surface area contributed by atoms with Crippen molar-refractivity contribution in [3.63, 3.8) is 0 Å². The maximum atomic E-state index is 11.7. The highest BCUT2D eigenvalue weighted by Crippen LogP contribution is 2.24. The molecule has 1 heterocycles. The SMILES string of the molecule is CCOc1cccc(C(C(=O)O)N(C)CCN2CCOCC2)c1. The van der Waals surface area contributed by atoms with E-state index in [0.29, 0.717) is 18.9 Å². The monoisotopic (exact) mass is 322 g/mol. The summed E-state index contributed by atoms with van der Waals surface area (Å²) in [6, 6.07) is 6.67. The molecule has 1 aliphatic heterocycles. The molecular formula is C17H26N2O4. The molecule has 0 saturated carbocycles. The highest BCUT2D eigenvalue weighted by atomic mass is 16.5. The van der Waals surface area contributed by atoms with Gasteiger partial charge in [-0.3, -0.25) is 14.6 Å². The lowest BCUT2D eigenvalue weighted by molar-refractivity contribution is -0.143. The van der Waals surface area contributed by atoms with Crippen LogP contribution in [0.4, 0.5) is 0 Å². The van der Waals surface area contributed by atoms with E-state index in [1.807, 2.05) is 43.1 Å². The number of benzene rings is 1. The maximum Gasteiger partial charge on any atom is 0.325 e. The molecule has 23 heavy (non-hydrogen) atoms. The van der Waals surface area contributed by atoms with Gasteiger partial charge in [0.2, 0.25) is 0 Å². The molecule has 1 aliphatic rings. The fourth-order valence-corrected chi connectivity index (χ4v) is 2.78. The third-order valence-electron chi connectivity index (χ3n) is 4.03. The number of ether oxygens (including phenoxy) is 2. The second kappa shape index (κ2) is 8.86. The van der Waals surface area contributed by atoms with Crippen LogP contribution in [0.25, 0.3) is 0 Å². The lowest BCUT2D eigenvalue weighted by Crippen LogP contribution is -2.42. The van der Waals surface area contributed by atoms with Crippen molar-refractivity contribution in [2.75, 3.05) is 53.0 Å². The predicted molar refractivity (Wildman–Crippen MR) is 87.9 cm³/mol. The standard InChI is InChI=1S/C17H26N2O4/c1-3-23-15-6-4-5-14(13-15)16(17(20)21)18(2)7-8-19-9-11-22-12-10-19/h4-6,13,16H,3,7-12H2,1-2H3,(H,20,21). The van der Waals surface area contributed by atoms with Gasteiger partial charge < -0.3 is 14.6 Å². The fraction of sp³-hybridized carbons (Fsp3) is 0.588. The van der Waals surface area contributed by atoms with Gasteiger partial charge in [0.15, 0.2) is 0 Å². The van der Waals surface area contributed by atoms with Crippen LogP contribution in [0.3, 0.4) is 0 Å². The van der Waals surface area contributed by atoms with Crippen molar-refractivity contribution < 1.29 is 19.4 Å². The molecular weight excluding hydrogens is 296 g/mol. The van der Waals surface area contributed by atoms with E-state index in [2.05, 4.69) is 4.90 Å². The Bertz CT molecular complexity index is 503. The maximum absolute atomic E-state index is 11.7. The van der Waals surface area contributed by atoms with E-state index in [1.54, 1.807) is 0 Å². The van der Waals surface area contributed by atoms with Crippen LogP contribution in [0.1, 0.15) is 18.5 Å². The van der Waals surface area contributed by atoms with Gasteiger partial charge in [0.25, 0.3) is 0 Å². The molecule has 1 fully saturated rings. The molecule has 6 nitrogen and oxygen atoms in total. The van der Waals surface area contributed by atoms with Crippen molar-refractivity contribution >= 4 is 5.97 Å². The third-order valence-corrected chi connectivity index (χ3v) is 4.03. The van der Waals surface area contributed by atoms with E-state index in [9.17, 15) is 9.90 Å². The Balaban J connectivity index is 2.01. The Morgan fingerprint density at radius 3 is 2.83 bits per heavy atom. The zero-order valence-electron chi connectivity index (χ0n) is 13.9. The molecule has 2 rings (SSSR count). The number of carbonyl (C=O) groups is 1. The van der Waals surface area contributed by atoms with Gasteiger partial charge in [0.1, 0.15) is 11.8 Å². The van der Waals surface area contributed by atoms with E-state index < -0.39 is 12.0 Å². The van der Waals surface area contributed by atoms with Crippen molar-refractivity contribution in [1.29, 1.82) is 0 Å². The molecule has 1 N–H and O–H groups in total. The number of rotatable bonds is 8. The van der Waals surface area contributed by atoms with E-state index in [1.165, 1.54) is 0 Å². The summed E-state index contributed by atoms with van der Waals surface area (Å²) in [5.74, 6) is -0.138. The van der Waals surface area contributed by atoms with E-state index in [4.69, 9.17) is 9.47 Å². The normalized spacial score (nSPS) is 17.2. The average Bonchev–Trinajstić information content (AvgIpc) is 2.54. The number of hydrogen-bond donors (Lipinski definition) is 1. The molecule has 0 amide bonds. The minimum atomic E-state index is -0.844.